The van der Waals surface area contributed by atoms with Gasteiger partial charge in [-0.15, -0.1) is 37.2 Å². The minimum atomic E-state index is -4.57. The highest BCUT2D eigenvalue weighted by Gasteiger charge is 2.37. The minimum Gasteiger partial charge on any atom is -1.00 e. The number of halogens is 9. The predicted molar refractivity (Wildman–Crippen MR) is 158 cm³/mol. The Morgan fingerprint density at radius 3 is 2.54 bits per heavy atom. The first-order valence-electron chi connectivity index (χ1n) is 12.4. The normalized spacial score (nSPS) is 16.1. The number of hydrogen-bond donors (Lipinski definition) is 1. The quantitative estimate of drug-likeness (QED) is 0.368. The molecule has 0 spiro atoms. The zero-order valence-electron chi connectivity index (χ0n) is 21.8. The van der Waals surface area contributed by atoms with E-state index in [9.17, 15) is 18.3 Å². The molecule has 41 heavy (non-hydrogen) atoms. The molecular formula is C27H31Cl6F3N4O. The van der Waals surface area contributed by atoms with E-state index in [0.717, 1.165) is 37.5 Å². The van der Waals surface area contributed by atoms with Crippen LogP contribution in [0.25, 0.3) is 5.57 Å². The molecule has 0 bridgehead atoms. The number of pyridine rings is 1. The summed E-state index contributed by atoms with van der Waals surface area (Å²) in [6.45, 7) is 2.95. The van der Waals surface area contributed by atoms with Gasteiger partial charge in [-0.2, -0.15) is 13.2 Å². The second-order valence-corrected chi connectivity index (χ2v) is 10.4. The first kappa shape index (κ1) is 37.8. The van der Waals surface area contributed by atoms with Gasteiger partial charge in [0.1, 0.15) is 25.5 Å². The van der Waals surface area contributed by atoms with Crippen LogP contribution < -0.4 is 17.0 Å². The molecule has 1 unspecified atom stereocenters. The monoisotopic (exact) mass is 694 g/mol. The number of aliphatic hydroxyl groups is 1. The molecule has 1 N–H and O–H groups in total. The van der Waals surface area contributed by atoms with Crippen molar-refractivity contribution in [3.63, 3.8) is 0 Å². The van der Waals surface area contributed by atoms with Crippen LogP contribution in [0.5, 0.6) is 0 Å². The number of nitrogens with zero attached hydrogens (tertiary/aromatic N) is 4. The van der Waals surface area contributed by atoms with Crippen molar-refractivity contribution in [2.45, 2.75) is 51.0 Å². The van der Waals surface area contributed by atoms with Crippen LogP contribution in [0.3, 0.4) is 0 Å². The van der Waals surface area contributed by atoms with Gasteiger partial charge in [-0.25, -0.2) is 14.1 Å². The van der Waals surface area contributed by atoms with E-state index in [-0.39, 0.29) is 67.3 Å². The van der Waals surface area contributed by atoms with E-state index in [1.165, 1.54) is 28.3 Å². The lowest BCUT2D eigenvalue weighted by molar-refractivity contribution is -0.699. The van der Waals surface area contributed by atoms with Crippen molar-refractivity contribution in [2.24, 2.45) is 0 Å². The van der Waals surface area contributed by atoms with Gasteiger partial charge in [0.2, 0.25) is 6.33 Å². The van der Waals surface area contributed by atoms with Crippen LogP contribution in [-0.2, 0) is 32.1 Å². The van der Waals surface area contributed by atoms with Crippen LogP contribution in [0, 0.1) is 0 Å². The first-order valence-corrected chi connectivity index (χ1v) is 13.1. The highest BCUT2D eigenvalue weighted by atomic mass is 35.5. The number of aryl methyl sites for hydroxylation is 1. The van der Waals surface area contributed by atoms with Crippen molar-refractivity contribution in [1.82, 2.24) is 14.5 Å². The topological polar surface area (TPSA) is 45.2 Å². The van der Waals surface area contributed by atoms with Gasteiger partial charge in [-0.05, 0) is 78.8 Å². The summed E-state index contributed by atoms with van der Waals surface area (Å²) in [5.74, 6) is 0. The number of fused-ring (bicyclic) bond motifs is 2. The maximum absolute atomic E-state index is 13.2. The van der Waals surface area contributed by atoms with Gasteiger partial charge in [-0.1, -0.05) is 29.3 Å². The molecule has 14 heteroatoms. The predicted octanol–water partition coefficient (Wildman–Crippen LogP) is 3.47. The Hall–Kier alpha value is -1.23. The Morgan fingerprint density at radius 2 is 1.83 bits per heavy atom. The fourth-order valence-corrected chi connectivity index (χ4v) is 5.87. The lowest BCUT2D eigenvalue weighted by Crippen LogP contribution is -3.00. The molecule has 3 aromatic rings. The Kier molecular flexibility index (Phi) is 14.8. The minimum absolute atomic E-state index is 0. The Labute approximate surface area is 272 Å². The van der Waals surface area contributed by atoms with Gasteiger partial charge in [0.05, 0.1) is 17.7 Å². The van der Waals surface area contributed by atoms with Crippen LogP contribution in [0.2, 0.25) is 10.0 Å². The molecule has 0 radical (unpaired) electrons. The molecule has 0 fully saturated rings. The Balaban J connectivity index is 0.00000210. The maximum Gasteiger partial charge on any atom is 0.434 e. The van der Waals surface area contributed by atoms with Gasteiger partial charge in [-0.3, -0.25) is 4.90 Å². The SMILES string of the molecule is Cl.Cl.Cl.OCCn1cc[n+](CC2C3=C(CCN2CCCc2ccc(Cl)c(C(F)(F)F)n2)c2cc(Cl)ccc2C3)c1.[Cl-]. The summed E-state index contributed by atoms with van der Waals surface area (Å²) in [7, 11) is 0. The Bertz CT molecular complexity index is 1330. The third-order valence-corrected chi connectivity index (χ3v) is 7.74. The Morgan fingerprint density at radius 1 is 1.07 bits per heavy atom. The summed E-state index contributed by atoms with van der Waals surface area (Å²) in [5, 5.41) is 9.63. The van der Waals surface area contributed by atoms with Gasteiger partial charge in [0.25, 0.3) is 0 Å². The highest BCUT2D eigenvalue weighted by molar-refractivity contribution is 6.31. The van der Waals surface area contributed by atoms with Gasteiger partial charge >= 0.3 is 6.18 Å². The van der Waals surface area contributed by atoms with Crippen LogP contribution in [-0.4, -0.2) is 45.3 Å². The second-order valence-electron chi connectivity index (χ2n) is 9.59. The van der Waals surface area contributed by atoms with Crippen molar-refractivity contribution in [3.8, 4) is 0 Å². The molecule has 5 rings (SSSR count). The lowest BCUT2D eigenvalue weighted by Gasteiger charge is -2.36. The van der Waals surface area contributed by atoms with Gasteiger partial charge < -0.3 is 17.5 Å². The molecule has 1 aliphatic carbocycles. The summed E-state index contributed by atoms with van der Waals surface area (Å²) in [4.78, 5) is 6.23. The number of imidazole rings is 1. The fraction of sp³-hybridized carbons (Fsp3) is 0.407. The van der Waals surface area contributed by atoms with Crippen LogP contribution in [0.15, 0.2) is 54.6 Å². The van der Waals surface area contributed by atoms with E-state index in [1.54, 1.807) is 6.07 Å². The van der Waals surface area contributed by atoms with E-state index in [0.29, 0.717) is 25.1 Å². The molecule has 0 saturated heterocycles. The maximum atomic E-state index is 13.2. The molecule has 228 valence electrons. The molecule has 2 aliphatic rings. The largest absolute Gasteiger partial charge is 1.00 e. The number of hydrogen-bond acceptors (Lipinski definition) is 3. The summed E-state index contributed by atoms with van der Waals surface area (Å²) in [6.07, 6.45) is 4.29. The molecule has 3 heterocycles. The third kappa shape index (κ3) is 8.67. The van der Waals surface area contributed by atoms with E-state index in [1.807, 2.05) is 29.4 Å². The van der Waals surface area contributed by atoms with Crippen molar-refractivity contribution in [2.75, 3.05) is 19.7 Å². The molecule has 1 aromatic carbocycles. The summed E-state index contributed by atoms with van der Waals surface area (Å²) < 4.78 is 43.8. The summed E-state index contributed by atoms with van der Waals surface area (Å²) in [6, 6.07) is 9.09. The zero-order chi connectivity index (χ0) is 26.2. The van der Waals surface area contributed by atoms with Gasteiger partial charge in [0, 0.05) is 17.3 Å². The summed E-state index contributed by atoms with van der Waals surface area (Å²) >= 11 is 12.0. The third-order valence-electron chi connectivity index (χ3n) is 7.20. The van der Waals surface area contributed by atoms with Crippen LogP contribution in [0.4, 0.5) is 13.2 Å². The first-order chi connectivity index (χ1) is 17.7. The molecular weight excluding hydrogens is 666 g/mol. The van der Waals surface area contributed by atoms with E-state index < -0.39 is 11.9 Å². The van der Waals surface area contributed by atoms with Crippen LogP contribution in [0.1, 0.15) is 35.4 Å². The number of aromatic nitrogens is 3. The molecule has 0 saturated carbocycles. The standard InChI is InChI=1S/C27H28Cl2F3N4O.4ClH/c28-19-4-3-18-14-23-21(22(18)15-19)7-9-36(25(23)16-35-11-10-34(17-35)12-13-37)8-1-2-20-5-6-24(29)26(33-20)27(30,31)32;;;;/h3-6,10-11,15,17,25,37H,1-2,7-9,12-14,16H2;4*1H/q+1;;;;/p-1. The summed E-state index contributed by atoms with van der Waals surface area (Å²) in [5.41, 5.74) is 4.64. The highest BCUT2D eigenvalue weighted by Crippen LogP contribution is 2.42. The fourth-order valence-electron chi connectivity index (χ4n) is 5.49. The average molecular weight is 697 g/mol. The van der Waals surface area contributed by atoms with Crippen LogP contribution >= 0.6 is 60.4 Å². The van der Waals surface area contributed by atoms with E-state index in [4.69, 9.17) is 23.2 Å². The number of rotatable bonds is 8. The lowest BCUT2D eigenvalue weighted by atomic mass is 9.92. The molecule has 2 aromatic heterocycles. The number of aliphatic hydroxyl groups excluding tert-OH is 1. The van der Waals surface area contributed by atoms with E-state index in [2.05, 4.69) is 26.6 Å². The molecule has 5 nitrogen and oxygen atoms in total. The zero-order valence-corrected chi connectivity index (χ0v) is 26.5. The average Bonchev–Trinajstić information content (AvgIpc) is 3.45. The van der Waals surface area contributed by atoms with Crippen molar-refractivity contribution in [1.29, 1.82) is 0 Å². The molecule has 1 aliphatic heterocycles. The van der Waals surface area contributed by atoms with E-state index >= 15 is 0 Å². The number of alkyl halides is 3. The molecule has 1 atom stereocenters. The smallest absolute Gasteiger partial charge is 0.434 e. The van der Waals surface area contributed by atoms with Crippen molar-refractivity contribution in [3.05, 3.63) is 87.2 Å². The molecule has 0 amide bonds. The van der Waals surface area contributed by atoms with Crippen molar-refractivity contribution >= 4 is 66.0 Å². The van der Waals surface area contributed by atoms with Gasteiger partial charge in [0.15, 0.2) is 5.69 Å². The number of benzene rings is 1. The second kappa shape index (κ2) is 16.0. The van der Waals surface area contributed by atoms with Crippen molar-refractivity contribution < 1.29 is 35.3 Å².